The van der Waals surface area contributed by atoms with E-state index in [1.165, 1.54) is 0 Å². The first-order valence-electron chi connectivity index (χ1n) is 7.08. The topological polar surface area (TPSA) is 80.3 Å². The van der Waals surface area contributed by atoms with Crippen LogP contribution in [0.25, 0.3) is 0 Å². The van der Waals surface area contributed by atoms with E-state index in [-0.39, 0.29) is 11.9 Å². The standard InChI is InChI=1S/C15H23N3O3/c1-20-13-4-3-7-18(10-13)9-12-8-11(15(16)17-19)5-6-14(12)21-2/h5-6,8,13,19H,3-4,7,9-10H2,1-2H3,(H2,16,17). The molecule has 1 aromatic rings. The van der Waals surface area contributed by atoms with E-state index in [0.29, 0.717) is 5.56 Å². The number of likely N-dealkylation sites (tertiary alicyclic amines) is 1. The Kier molecular flexibility index (Phi) is 5.41. The number of amidine groups is 1. The van der Waals surface area contributed by atoms with Crippen molar-refractivity contribution in [3.05, 3.63) is 29.3 Å². The Labute approximate surface area is 125 Å². The van der Waals surface area contributed by atoms with Gasteiger partial charge in [-0.25, -0.2) is 0 Å². The number of nitrogens with zero attached hydrogens (tertiary/aromatic N) is 2. The van der Waals surface area contributed by atoms with Gasteiger partial charge in [-0.1, -0.05) is 5.16 Å². The fourth-order valence-electron chi connectivity index (χ4n) is 2.71. The lowest BCUT2D eigenvalue weighted by atomic mass is 10.0. The molecule has 1 fully saturated rings. The van der Waals surface area contributed by atoms with Gasteiger partial charge in [0.1, 0.15) is 5.75 Å². The van der Waals surface area contributed by atoms with Gasteiger partial charge >= 0.3 is 0 Å². The number of piperidine rings is 1. The van der Waals surface area contributed by atoms with Gasteiger partial charge in [0.05, 0.1) is 13.2 Å². The lowest BCUT2D eigenvalue weighted by molar-refractivity contribution is 0.0283. The third-order valence-corrected chi connectivity index (χ3v) is 3.87. The number of methoxy groups -OCH3 is 2. The molecule has 1 saturated heterocycles. The van der Waals surface area contributed by atoms with Gasteiger partial charge in [0.2, 0.25) is 0 Å². The van der Waals surface area contributed by atoms with E-state index in [1.807, 2.05) is 12.1 Å². The minimum atomic E-state index is 0.104. The summed E-state index contributed by atoms with van der Waals surface area (Å²) in [6.45, 7) is 2.71. The van der Waals surface area contributed by atoms with Crippen LogP contribution in [-0.2, 0) is 11.3 Å². The SMILES string of the molecule is COc1ccc(/C(N)=N/O)cc1CN1CCCC(OC)C1. The highest BCUT2D eigenvalue weighted by Crippen LogP contribution is 2.23. The Morgan fingerprint density at radius 3 is 2.95 bits per heavy atom. The number of hydrogen-bond donors (Lipinski definition) is 2. The van der Waals surface area contributed by atoms with Crippen LogP contribution in [0.3, 0.4) is 0 Å². The van der Waals surface area contributed by atoms with Crippen LogP contribution in [0.4, 0.5) is 0 Å². The van der Waals surface area contributed by atoms with Crippen LogP contribution in [0.1, 0.15) is 24.0 Å². The average Bonchev–Trinajstić information content (AvgIpc) is 2.54. The maximum absolute atomic E-state index is 8.80. The summed E-state index contributed by atoms with van der Waals surface area (Å²) in [6, 6.07) is 5.54. The third-order valence-electron chi connectivity index (χ3n) is 3.87. The molecule has 0 radical (unpaired) electrons. The van der Waals surface area contributed by atoms with Crippen molar-refractivity contribution >= 4 is 5.84 Å². The summed E-state index contributed by atoms with van der Waals surface area (Å²) < 4.78 is 10.9. The molecule has 0 bridgehead atoms. The lowest BCUT2D eigenvalue weighted by Crippen LogP contribution is -2.38. The van der Waals surface area contributed by atoms with Crippen LogP contribution in [0, 0.1) is 0 Å². The van der Waals surface area contributed by atoms with Gasteiger partial charge in [-0.2, -0.15) is 0 Å². The molecule has 0 saturated carbocycles. The molecule has 1 heterocycles. The Bertz CT molecular complexity index is 505. The van der Waals surface area contributed by atoms with E-state index in [4.69, 9.17) is 20.4 Å². The summed E-state index contributed by atoms with van der Waals surface area (Å²) in [7, 11) is 3.41. The maximum atomic E-state index is 8.80. The number of benzene rings is 1. The van der Waals surface area contributed by atoms with E-state index < -0.39 is 0 Å². The van der Waals surface area contributed by atoms with Crippen LogP contribution >= 0.6 is 0 Å². The highest BCUT2D eigenvalue weighted by atomic mass is 16.5. The molecule has 1 atom stereocenters. The molecule has 0 amide bonds. The van der Waals surface area contributed by atoms with Crippen molar-refractivity contribution in [1.29, 1.82) is 0 Å². The summed E-state index contributed by atoms with van der Waals surface area (Å²) in [4.78, 5) is 2.34. The Balaban J connectivity index is 2.17. The molecule has 116 valence electrons. The van der Waals surface area contributed by atoms with Crippen molar-refractivity contribution < 1.29 is 14.7 Å². The molecule has 2 rings (SSSR count). The molecule has 1 aliphatic heterocycles. The van der Waals surface area contributed by atoms with E-state index in [2.05, 4.69) is 10.1 Å². The van der Waals surface area contributed by atoms with E-state index in [0.717, 1.165) is 43.8 Å². The number of hydrogen-bond acceptors (Lipinski definition) is 5. The van der Waals surface area contributed by atoms with Crippen LogP contribution in [-0.4, -0.2) is 49.4 Å². The van der Waals surface area contributed by atoms with Gasteiger partial charge in [-0.3, -0.25) is 4.90 Å². The molecular weight excluding hydrogens is 270 g/mol. The molecule has 21 heavy (non-hydrogen) atoms. The van der Waals surface area contributed by atoms with Crippen LogP contribution in [0.2, 0.25) is 0 Å². The monoisotopic (exact) mass is 293 g/mol. The van der Waals surface area contributed by atoms with E-state index >= 15 is 0 Å². The minimum absolute atomic E-state index is 0.104. The van der Waals surface area contributed by atoms with Gasteiger partial charge < -0.3 is 20.4 Å². The molecular formula is C15H23N3O3. The van der Waals surface area contributed by atoms with Gasteiger partial charge in [0, 0.05) is 31.3 Å². The number of ether oxygens (including phenoxy) is 2. The van der Waals surface area contributed by atoms with Gasteiger partial charge in [0.25, 0.3) is 0 Å². The van der Waals surface area contributed by atoms with E-state index in [1.54, 1.807) is 20.3 Å². The quantitative estimate of drug-likeness (QED) is 0.371. The molecule has 6 nitrogen and oxygen atoms in total. The second-order valence-corrected chi connectivity index (χ2v) is 5.25. The van der Waals surface area contributed by atoms with Gasteiger partial charge in [-0.05, 0) is 37.6 Å². The molecule has 6 heteroatoms. The van der Waals surface area contributed by atoms with Crippen molar-refractivity contribution in [2.24, 2.45) is 10.9 Å². The predicted octanol–water partition coefficient (Wildman–Crippen LogP) is 1.40. The summed E-state index contributed by atoms with van der Waals surface area (Å²) in [5.74, 6) is 0.913. The van der Waals surface area contributed by atoms with Crippen molar-refractivity contribution in [2.45, 2.75) is 25.5 Å². The Morgan fingerprint density at radius 2 is 2.29 bits per heavy atom. The second-order valence-electron chi connectivity index (χ2n) is 5.25. The molecule has 1 aromatic carbocycles. The smallest absolute Gasteiger partial charge is 0.170 e. The first kappa shape index (κ1) is 15.6. The maximum Gasteiger partial charge on any atom is 0.170 e. The zero-order chi connectivity index (χ0) is 15.2. The van der Waals surface area contributed by atoms with Crippen LogP contribution in [0.5, 0.6) is 5.75 Å². The van der Waals surface area contributed by atoms with Crippen molar-refractivity contribution in [1.82, 2.24) is 4.90 Å². The summed E-state index contributed by atoms with van der Waals surface area (Å²) in [6.07, 6.45) is 2.52. The first-order chi connectivity index (χ1) is 10.2. The fourth-order valence-corrected chi connectivity index (χ4v) is 2.71. The zero-order valence-corrected chi connectivity index (χ0v) is 12.6. The summed E-state index contributed by atoms with van der Waals surface area (Å²) in [5, 5.41) is 11.8. The van der Waals surface area contributed by atoms with Crippen LogP contribution in [0.15, 0.2) is 23.4 Å². The Hall–Kier alpha value is -1.79. The van der Waals surface area contributed by atoms with Crippen LogP contribution < -0.4 is 10.5 Å². The first-order valence-corrected chi connectivity index (χ1v) is 7.08. The predicted molar refractivity (Wildman–Crippen MR) is 80.8 cm³/mol. The number of rotatable bonds is 5. The van der Waals surface area contributed by atoms with E-state index in [9.17, 15) is 0 Å². The molecule has 1 aliphatic rings. The van der Waals surface area contributed by atoms with Crippen molar-refractivity contribution in [3.63, 3.8) is 0 Å². The van der Waals surface area contributed by atoms with Gasteiger partial charge in [-0.15, -0.1) is 0 Å². The third kappa shape index (κ3) is 3.86. The van der Waals surface area contributed by atoms with Crippen molar-refractivity contribution in [2.75, 3.05) is 27.3 Å². The summed E-state index contributed by atoms with van der Waals surface area (Å²) in [5.41, 5.74) is 7.37. The molecule has 0 aliphatic carbocycles. The highest BCUT2D eigenvalue weighted by Gasteiger charge is 2.20. The number of nitrogens with two attached hydrogens (primary N) is 1. The zero-order valence-electron chi connectivity index (χ0n) is 12.6. The molecule has 0 spiro atoms. The average molecular weight is 293 g/mol. The second kappa shape index (κ2) is 7.28. The highest BCUT2D eigenvalue weighted by molar-refractivity contribution is 5.97. The minimum Gasteiger partial charge on any atom is -0.496 e. The fraction of sp³-hybridized carbons (Fsp3) is 0.533. The normalized spacial score (nSPS) is 20.5. The Morgan fingerprint density at radius 1 is 1.48 bits per heavy atom. The molecule has 3 N–H and O–H groups in total. The largest absolute Gasteiger partial charge is 0.496 e. The van der Waals surface area contributed by atoms with Gasteiger partial charge in [0.15, 0.2) is 5.84 Å². The molecule has 1 unspecified atom stereocenters. The number of oxime groups is 1. The van der Waals surface area contributed by atoms with Crippen molar-refractivity contribution in [3.8, 4) is 5.75 Å². The summed E-state index contributed by atoms with van der Waals surface area (Å²) >= 11 is 0. The molecule has 0 aromatic heterocycles. The lowest BCUT2D eigenvalue weighted by Gasteiger charge is -2.32.